The number of aromatic nitrogens is 4. The van der Waals surface area contributed by atoms with Gasteiger partial charge in [-0.25, -0.2) is 9.97 Å². The smallest absolute Gasteiger partial charge is 0.174 e. The average molecular weight is 213 g/mol. The van der Waals surface area contributed by atoms with Crippen molar-refractivity contribution in [2.24, 2.45) is 0 Å². The Balaban J connectivity index is 2.45. The van der Waals surface area contributed by atoms with Crippen LogP contribution in [-0.4, -0.2) is 19.9 Å². The maximum Gasteiger partial charge on any atom is 0.174 e. The summed E-state index contributed by atoms with van der Waals surface area (Å²) in [4.78, 5) is 14.0. The van der Waals surface area contributed by atoms with Gasteiger partial charge in [-0.2, -0.15) is 0 Å². The molecule has 0 radical (unpaired) electrons. The Morgan fingerprint density at radius 2 is 2.18 bits per heavy atom. The lowest BCUT2D eigenvalue weighted by Gasteiger charge is -1.85. The van der Waals surface area contributed by atoms with Crippen molar-refractivity contribution in [2.45, 2.75) is 0 Å². The Labute approximate surface area is 71.2 Å². The molecule has 0 bridgehead atoms. The van der Waals surface area contributed by atoms with Gasteiger partial charge in [-0.3, -0.25) is 0 Å². The number of hydrogen-bond acceptors (Lipinski definition) is 2. The summed E-state index contributed by atoms with van der Waals surface area (Å²) in [5.74, 6) is 1.48. The van der Waals surface area contributed by atoms with Crippen molar-refractivity contribution in [1.82, 2.24) is 19.9 Å². The van der Waals surface area contributed by atoms with Crippen LogP contribution in [0.2, 0.25) is 0 Å². The van der Waals surface area contributed by atoms with Gasteiger partial charge in [0.1, 0.15) is 4.60 Å². The number of imidazole rings is 2. The van der Waals surface area contributed by atoms with Crippen LogP contribution in [0.15, 0.2) is 23.2 Å². The molecule has 5 heteroatoms. The highest BCUT2D eigenvalue weighted by atomic mass is 79.9. The number of nitrogens with zero attached hydrogens (tertiary/aromatic N) is 2. The number of hydrogen-bond donors (Lipinski definition) is 2. The molecular formula is C6H5BrN4. The highest BCUT2D eigenvalue weighted by molar-refractivity contribution is 9.10. The molecule has 0 saturated heterocycles. The Morgan fingerprint density at radius 3 is 2.73 bits per heavy atom. The van der Waals surface area contributed by atoms with Crippen LogP contribution < -0.4 is 0 Å². The molecule has 0 fully saturated rings. The third kappa shape index (κ3) is 1.19. The standard InChI is InChI=1S/C6H5BrN4/c7-4-3-10-6(11-4)5-8-1-2-9-5/h1-3H,(H,8,9)(H,10,11). The van der Waals surface area contributed by atoms with Crippen molar-refractivity contribution >= 4 is 15.9 Å². The summed E-state index contributed by atoms with van der Waals surface area (Å²) >= 11 is 3.26. The molecule has 2 aromatic heterocycles. The fourth-order valence-corrected chi connectivity index (χ4v) is 1.10. The van der Waals surface area contributed by atoms with Gasteiger partial charge in [0.15, 0.2) is 11.6 Å². The van der Waals surface area contributed by atoms with Crippen LogP contribution in [0.25, 0.3) is 11.6 Å². The third-order valence-corrected chi connectivity index (χ3v) is 1.67. The van der Waals surface area contributed by atoms with Crippen LogP contribution in [0, 0.1) is 0 Å². The molecule has 0 aliphatic rings. The van der Waals surface area contributed by atoms with Crippen molar-refractivity contribution in [2.75, 3.05) is 0 Å². The SMILES string of the molecule is Brc1cnc(-c2ncc[nH]2)[nH]1. The zero-order chi connectivity index (χ0) is 7.68. The molecule has 0 aromatic carbocycles. The fraction of sp³-hybridized carbons (Fsp3) is 0. The zero-order valence-corrected chi connectivity index (χ0v) is 7.09. The van der Waals surface area contributed by atoms with Gasteiger partial charge in [0.25, 0.3) is 0 Å². The number of H-pyrrole nitrogens is 2. The Hall–Kier alpha value is -1.10. The van der Waals surface area contributed by atoms with Gasteiger partial charge in [-0.05, 0) is 15.9 Å². The summed E-state index contributed by atoms with van der Waals surface area (Å²) in [5.41, 5.74) is 0. The van der Waals surface area contributed by atoms with Crippen molar-refractivity contribution in [1.29, 1.82) is 0 Å². The van der Waals surface area contributed by atoms with Crippen molar-refractivity contribution < 1.29 is 0 Å². The van der Waals surface area contributed by atoms with Gasteiger partial charge >= 0.3 is 0 Å². The van der Waals surface area contributed by atoms with E-state index in [1.54, 1.807) is 18.6 Å². The summed E-state index contributed by atoms with van der Waals surface area (Å²) in [5, 5.41) is 0. The monoisotopic (exact) mass is 212 g/mol. The molecule has 0 unspecified atom stereocenters. The molecule has 2 N–H and O–H groups in total. The molecule has 0 aliphatic heterocycles. The van der Waals surface area contributed by atoms with E-state index >= 15 is 0 Å². The van der Waals surface area contributed by atoms with Gasteiger partial charge < -0.3 is 9.97 Å². The Bertz CT molecular complexity index is 337. The first-order valence-corrected chi connectivity index (χ1v) is 3.86. The molecule has 56 valence electrons. The number of nitrogens with one attached hydrogen (secondary N) is 2. The van der Waals surface area contributed by atoms with Gasteiger partial charge in [-0.1, -0.05) is 0 Å². The van der Waals surface area contributed by atoms with Crippen molar-refractivity contribution in [3.05, 3.63) is 23.2 Å². The third-order valence-electron chi connectivity index (χ3n) is 1.27. The summed E-state index contributed by atoms with van der Waals surface area (Å²) < 4.78 is 0.851. The van der Waals surface area contributed by atoms with E-state index in [0.717, 1.165) is 16.3 Å². The number of aromatic amines is 2. The maximum absolute atomic E-state index is 4.06. The van der Waals surface area contributed by atoms with Crippen LogP contribution in [0.3, 0.4) is 0 Å². The highest BCUT2D eigenvalue weighted by Gasteiger charge is 2.02. The summed E-state index contributed by atoms with van der Waals surface area (Å²) in [6.07, 6.45) is 5.13. The number of halogens is 1. The second kappa shape index (κ2) is 2.50. The van der Waals surface area contributed by atoms with E-state index < -0.39 is 0 Å². The van der Waals surface area contributed by atoms with Gasteiger partial charge in [-0.15, -0.1) is 0 Å². The molecule has 4 nitrogen and oxygen atoms in total. The Morgan fingerprint density at radius 1 is 1.27 bits per heavy atom. The lowest BCUT2D eigenvalue weighted by Crippen LogP contribution is -1.81. The van der Waals surface area contributed by atoms with E-state index in [4.69, 9.17) is 0 Å². The lowest BCUT2D eigenvalue weighted by atomic mass is 10.6. The van der Waals surface area contributed by atoms with Crippen molar-refractivity contribution in [3.8, 4) is 11.6 Å². The van der Waals surface area contributed by atoms with Crippen LogP contribution in [-0.2, 0) is 0 Å². The first-order valence-electron chi connectivity index (χ1n) is 3.06. The minimum atomic E-state index is 0.738. The lowest BCUT2D eigenvalue weighted by molar-refractivity contribution is 1.19. The second-order valence-corrected chi connectivity index (χ2v) is 2.87. The first kappa shape index (κ1) is 6.60. The summed E-state index contributed by atoms with van der Waals surface area (Å²) in [7, 11) is 0. The second-order valence-electron chi connectivity index (χ2n) is 2.02. The van der Waals surface area contributed by atoms with E-state index in [2.05, 4.69) is 35.9 Å². The molecule has 11 heavy (non-hydrogen) atoms. The molecule has 0 amide bonds. The molecule has 2 aromatic rings. The highest BCUT2D eigenvalue weighted by Crippen LogP contribution is 2.12. The topological polar surface area (TPSA) is 57.4 Å². The molecule has 0 aliphatic carbocycles. The largest absolute Gasteiger partial charge is 0.342 e. The molecule has 0 spiro atoms. The fourth-order valence-electron chi connectivity index (χ4n) is 0.814. The molecule has 0 saturated carbocycles. The maximum atomic E-state index is 4.06. The zero-order valence-electron chi connectivity index (χ0n) is 5.50. The molecular weight excluding hydrogens is 208 g/mol. The molecule has 2 heterocycles. The normalized spacial score (nSPS) is 10.3. The van der Waals surface area contributed by atoms with E-state index in [1.807, 2.05) is 0 Å². The van der Waals surface area contributed by atoms with Crippen LogP contribution >= 0.6 is 15.9 Å². The van der Waals surface area contributed by atoms with E-state index in [0.29, 0.717) is 0 Å². The van der Waals surface area contributed by atoms with Crippen LogP contribution in [0.4, 0.5) is 0 Å². The minimum absolute atomic E-state index is 0.738. The molecule has 2 rings (SSSR count). The van der Waals surface area contributed by atoms with Gasteiger partial charge in [0.2, 0.25) is 0 Å². The van der Waals surface area contributed by atoms with Gasteiger partial charge in [0, 0.05) is 12.4 Å². The van der Waals surface area contributed by atoms with E-state index in [-0.39, 0.29) is 0 Å². The predicted molar refractivity (Wildman–Crippen MR) is 43.9 cm³/mol. The average Bonchev–Trinajstić information content (AvgIpc) is 2.55. The minimum Gasteiger partial charge on any atom is -0.342 e. The van der Waals surface area contributed by atoms with Crippen LogP contribution in [0.1, 0.15) is 0 Å². The van der Waals surface area contributed by atoms with Crippen LogP contribution in [0.5, 0.6) is 0 Å². The Kier molecular flexibility index (Phi) is 1.50. The quantitative estimate of drug-likeness (QED) is 0.755. The summed E-state index contributed by atoms with van der Waals surface area (Å²) in [6.45, 7) is 0. The molecule has 0 atom stereocenters. The number of rotatable bonds is 1. The van der Waals surface area contributed by atoms with Gasteiger partial charge in [0.05, 0.1) is 6.20 Å². The predicted octanol–water partition coefficient (Wildman–Crippen LogP) is 1.56. The first-order chi connectivity index (χ1) is 5.36. The van der Waals surface area contributed by atoms with E-state index in [9.17, 15) is 0 Å². The van der Waals surface area contributed by atoms with Crippen molar-refractivity contribution in [3.63, 3.8) is 0 Å². The van der Waals surface area contributed by atoms with E-state index in [1.165, 1.54) is 0 Å². The summed E-state index contributed by atoms with van der Waals surface area (Å²) in [6, 6.07) is 0.